The van der Waals surface area contributed by atoms with Crippen LogP contribution in [-0.4, -0.2) is 28.1 Å². The molecule has 2 aromatic carbocycles. The second-order valence-electron chi connectivity index (χ2n) is 8.02. The van der Waals surface area contributed by atoms with E-state index >= 15 is 0 Å². The summed E-state index contributed by atoms with van der Waals surface area (Å²) in [6.45, 7) is 0.700. The van der Waals surface area contributed by atoms with Gasteiger partial charge in [-0.3, -0.25) is 9.59 Å². The van der Waals surface area contributed by atoms with E-state index in [1.807, 2.05) is 24.3 Å². The van der Waals surface area contributed by atoms with Gasteiger partial charge in [-0.25, -0.2) is 9.07 Å². The van der Waals surface area contributed by atoms with Crippen LogP contribution in [0.25, 0.3) is 5.69 Å². The molecule has 2 aliphatic rings. The predicted octanol–water partition coefficient (Wildman–Crippen LogP) is 4.27. The largest absolute Gasteiger partial charge is 0.321 e. The molecule has 0 spiro atoms. The Balaban J connectivity index is 1.45. The Kier molecular flexibility index (Phi) is 5.02. The topological polar surface area (TPSA) is 67.2 Å². The molecular formula is C24H23FN4O2. The number of nitrogens with one attached hydrogen (secondary N) is 1. The van der Waals surface area contributed by atoms with E-state index in [-0.39, 0.29) is 17.6 Å². The Morgan fingerprint density at radius 1 is 0.968 bits per heavy atom. The number of halogens is 1. The van der Waals surface area contributed by atoms with Crippen LogP contribution < -0.4 is 10.2 Å². The Labute approximate surface area is 179 Å². The summed E-state index contributed by atoms with van der Waals surface area (Å²) in [7, 11) is 0. The minimum absolute atomic E-state index is 0.107. The molecule has 2 amide bonds. The zero-order chi connectivity index (χ0) is 21.4. The summed E-state index contributed by atoms with van der Waals surface area (Å²) in [6.07, 6.45) is 5.08. The van der Waals surface area contributed by atoms with Gasteiger partial charge in [-0.05, 0) is 74.6 Å². The number of hydrogen-bond donors (Lipinski definition) is 1. The second kappa shape index (κ2) is 7.98. The van der Waals surface area contributed by atoms with E-state index < -0.39 is 0 Å². The summed E-state index contributed by atoms with van der Waals surface area (Å²) in [5.41, 5.74) is 4.54. The second-order valence-corrected chi connectivity index (χ2v) is 8.02. The Morgan fingerprint density at radius 3 is 2.55 bits per heavy atom. The molecule has 7 heteroatoms. The highest BCUT2D eigenvalue weighted by atomic mass is 19.1. The van der Waals surface area contributed by atoms with Gasteiger partial charge in [-0.2, -0.15) is 5.10 Å². The van der Waals surface area contributed by atoms with Crippen molar-refractivity contribution in [2.24, 2.45) is 0 Å². The first-order chi connectivity index (χ1) is 15.1. The molecule has 6 nitrogen and oxygen atoms in total. The van der Waals surface area contributed by atoms with E-state index in [0.29, 0.717) is 24.3 Å². The molecule has 5 rings (SSSR count). The van der Waals surface area contributed by atoms with Gasteiger partial charge in [-0.15, -0.1) is 0 Å². The van der Waals surface area contributed by atoms with Crippen LogP contribution in [0.15, 0.2) is 48.5 Å². The molecule has 1 N–H and O–H groups in total. The highest BCUT2D eigenvalue weighted by Gasteiger charge is 2.26. The Hall–Kier alpha value is -3.48. The fourth-order valence-electron chi connectivity index (χ4n) is 4.44. The fraction of sp³-hybridized carbons (Fsp3) is 0.292. The number of aromatic nitrogens is 2. The minimum Gasteiger partial charge on any atom is -0.321 e. The third-order valence-corrected chi connectivity index (χ3v) is 5.96. The lowest BCUT2D eigenvalue weighted by Gasteiger charge is -2.17. The summed E-state index contributed by atoms with van der Waals surface area (Å²) < 4.78 is 15.1. The Morgan fingerprint density at radius 2 is 1.77 bits per heavy atom. The van der Waals surface area contributed by atoms with E-state index in [2.05, 4.69) is 10.4 Å². The monoisotopic (exact) mass is 418 g/mol. The van der Waals surface area contributed by atoms with Gasteiger partial charge in [0, 0.05) is 35.6 Å². The molecule has 1 aliphatic heterocycles. The van der Waals surface area contributed by atoms with Crippen LogP contribution >= 0.6 is 0 Å². The molecule has 2 heterocycles. The number of hydrogen-bond acceptors (Lipinski definition) is 3. The summed E-state index contributed by atoms with van der Waals surface area (Å²) in [4.78, 5) is 27.0. The molecule has 0 radical (unpaired) electrons. The van der Waals surface area contributed by atoms with Gasteiger partial charge >= 0.3 is 0 Å². The van der Waals surface area contributed by atoms with E-state index in [4.69, 9.17) is 0 Å². The van der Waals surface area contributed by atoms with Crippen molar-refractivity contribution in [1.29, 1.82) is 0 Å². The van der Waals surface area contributed by atoms with Gasteiger partial charge < -0.3 is 10.2 Å². The molecule has 31 heavy (non-hydrogen) atoms. The first-order valence-electron chi connectivity index (χ1n) is 10.7. The number of rotatable bonds is 4. The van der Waals surface area contributed by atoms with E-state index in [1.54, 1.807) is 21.7 Å². The van der Waals surface area contributed by atoms with Crippen LogP contribution in [0.4, 0.5) is 15.8 Å². The number of carbonyl (C=O) groups excluding carboxylic acids is 2. The molecule has 1 saturated heterocycles. The molecule has 1 aliphatic carbocycles. The van der Waals surface area contributed by atoms with Gasteiger partial charge in [0.15, 0.2) is 5.69 Å². The van der Waals surface area contributed by atoms with Crippen molar-refractivity contribution in [3.63, 3.8) is 0 Å². The van der Waals surface area contributed by atoms with Crippen molar-refractivity contribution in [2.75, 3.05) is 16.8 Å². The van der Waals surface area contributed by atoms with Crippen LogP contribution in [0.3, 0.4) is 0 Å². The smallest absolute Gasteiger partial charge is 0.276 e. The highest BCUT2D eigenvalue weighted by molar-refractivity contribution is 6.05. The average Bonchev–Trinajstić information content (AvgIpc) is 3.38. The molecule has 1 fully saturated rings. The van der Waals surface area contributed by atoms with Crippen LogP contribution in [0.1, 0.15) is 47.4 Å². The molecule has 0 unspecified atom stereocenters. The van der Waals surface area contributed by atoms with Crippen LogP contribution in [-0.2, 0) is 17.6 Å². The fourth-order valence-corrected chi connectivity index (χ4v) is 4.44. The lowest BCUT2D eigenvalue weighted by Crippen LogP contribution is -2.23. The maximum absolute atomic E-state index is 13.4. The number of carbonyl (C=O) groups is 2. The van der Waals surface area contributed by atoms with Crippen molar-refractivity contribution < 1.29 is 14.0 Å². The molecular weight excluding hydrogens is 395 g/mol. The van der Waals surface area contributed by atoms with Crippen molar-refractivity contribution in [3.05, 3.63) is 71.3 Å². The van der Waals surface area contributed by atoms with Gasteiger partial charge in [0.1, 0.15) is 5.82 Å². The number of benzene rings is 2. The molecule has 0 atom stereocenters. The summed E-state index contributed by atoms with van der Waals surface area (Å²) in [5.74, 6) is -0.474. The average molecular weight is 418 g/mol. The van der Waals surface area contributed by atoms with Gasteiger partial charge in [0.25, 0.3) is 5.91 Å². The van der Waals surface area contributed by atoms with Crippen molar-refractivity contribution in [3.8, 4) is 5.69 Å². The highest BCUT2D eigenvalue weighted by Crippen LogP contribution is 2.29. The molecule has 158 valence electrons. The van der Waals surface area contributed by atoms with Crippen LogP contribution in [0.2, 0.25) is 0 Å². The van der Waals surface area contributed by atoms with E-state index in [9.17, 15) is 14.0 Å². The van der Waals surface area contributed by atoms with E-state index in [1.165, 1.54) is 12.1 Å². The maximum atomic E-state index is 13.4. The quantitative estimate of drug-likeness (QED) is 0.688. The number of fused-ring (bicyclic) bond motifs is 1. The first kappa shape index (κ1) is 19.5. The maximum Gasteiger partial charge on any atom is 0.276 e. The third-order valence-electron chi connectivity index (χ3n) is 5.96. The van der Waals surface area contributed by atoms with Crippen LogP contribution in [0.5, 0.6) is 0 Å². The van der Waals surface area contributed by atoms with Crippen molar-refractivity contribution in [1.82, 2.24) is 9.78 Å². The first-order valence-corrected chi connectivity index (χ1v) is 10.7. The normalized spacial score (nSPS) is 15.8. The predicted molar refractivity (Wildman–Crippen MR) is 116 cm³/mol. The summed E-state index contributed by atoms with van der Waals surface area (Å²) >= 11 is 0. The summed E-state index contributed by atoms with van der Waals surface area (Å²) in [6, 6.07) is 13.5. The molecule has 1 aromatic heterocycles. The standard InChI is InChI=1S/C24H23FN4O2/c25-16-10-12-18(13-11-16)29-21-8-2-1-7-20(21)23(27-29)24(31)26-17-5-3-6-19(15-17)28-14-4-9-22(28)30/h3,5-6,10-13,15H,1-2,4,7-9,14H2,(H,26,31). The zero-order valence-corrected chi connectivity index (χ0v) is 17.1. The number of amides is 2. The van der Waals surface area contributed by atoms with Gasteiger partial charge in [0.2, 0.25) is 5.91 Å². The van der Waals surface area contributed by atoms with E-state index in [0.717, 1.165) is 54.7 Å². The van der Waals surface area contributed by atoms with Crippen molar-refractivity contribution >= 4 is 23.2 Å². The molecule has 3 aromatic rings. The third kappa shape index (κ3) is 3.71. The minimum atomic E-state index is -0.306. The van der Waals surface area contributed by atoms with Gasteiger partial charge in [0.05, 0.1) is 5.69 Å². The lowest BCUT2D eigenvalue weighted by molar-refractivity contribution is -0.117. The van der Waals surface area contributed by atoms with Crippen LogP contribution in [0, 0.1) is 5.82 Å². The zero-order valence-electron chi connectivity index (χ0n) is 17.1. The number of nitrogens with zero attached hydrogens (tertiary/aromatic N) is 3. The van der Waals surface area contributed by atoms with Crippen molar-refractivity contribution in [2.45, 2.75) is 38.5 Å². The number of anilines is 2. The SMILES string of the molecule is O=C(Nc1cccc(N2CCCC2=O)c1)c1nn(-c2ccc(F)cc2)c2c1CCCC2. The lowest BCUT2D eigenvalue weighted by atomic mass is 9.95. The Bertz CT molecular complexity index is 1150. The molecule has 0 bridgehead atoms. The summed E-state index contributed by atoms with van der Waals surface area (Å²) in [5, 5.41) is 7.57. The van der Waals surface area contributed by atoms with Gasteiger partial charge in [-0.1, -0.05) is 6.07 Å². The molecule has 0 saturated carbocycles.